The molecule has 8 heteroatoms. The zero-order valence-electron chi connectivity index (χ0n) is 45.0. The van der Waals surface area contributed by atoms with Crippen LogP contribution in [0.2, 0.25) is 0 Å². The van der Waals surface area contributed by atoms with Crippen LogP contribution in [0.4, 0.5) is 0 Å². The lowest BCUT2D eigenvalue weighted by atomic mass is 9.78. The van der Waals surface area contributed by atoms with Crippen LogP contribution in [0, 0.1) is 13.8 Å². The summed E-state index contributed by atoms with van der Waals surface area (Å²) in [5.41, 5.74) is 8.12. The molecule has 0 spiro atoms. The van der Waals surface area contributed by atoms with E-state index in [0.29, 0.717) is 45.3 Å². The van der Waals surface area contributed by atoms with Gasteiger partial charge in [-0.05, 0) is 134 Å². The molecule has 0 atom stereocenters. The normalized spacial score (nSPS) is 12.1. The predicted molar refractivity (Wildman–Crippen MR) is 274 cm³/mol. The maximum Gasteiger partial charge on any atom is 0.159 e. The van der Waals surface area contributed by atoms with E-state index in [1.165, 1.54) is 13.8 Å². The Kier molecular flexibility index (Phi) is 18.8. The first-order chi connectivity index (χ1) is 29.3. The molecular weight excluding hydrogens is 825 g/mol. The molecule has 0 aromatic heterocycles. The summed E-state index contributed by atoms with van der Waals surface area (Å²) in [6.45, 7) is 46.4. The Morgan fingerprint density at radius 2 is 0.424 bits per heavy atom. The Morgan fingerprint density at radius 1 is 0.288 bits per heavy atom. The van der Waals surface area contributed by atoms with E-state index in [1.807, 2.05) is 163 Å². The number of rotatable bonds is 4. The number of phenols is 4. The zero-order valence-corrected chi connectivity index (χ0v) is 45.0. The van der Waals surface area contributed by atoms with Gasteiger partial charge in [0.1, 0.15) is 23.0 Å². The van der Waals surface area contributed by atoms with Crippen molar-refractivity contribution in [2.24, 2.45) is 0 Å². The monoisotopic (exact) mass is 909 g/mol. The number of hydrogen-bond donors (Lipinski definition) is 4. The highest BCUT2D eigenvalue weighted by Crippen LogP contribution is 2.42. The quantitative estimate of drug-likeness (QED) is 0.148. The first-order valence-electron chi connectivity index (χ1n) is 22.8. The third-order valence-electron chi connectivity index (χ3n) is 11.3. The summed E-state index contributed by atoms with van der Waals surface area (Å²) in [5, 5.41) is 40.8. The van der Waals surface area contributed by atoms with Gasteiger partial charge in [0.25, 0.3) is 0 Å². The topological polar surface area (TPSA) is 149 Å². The Balaban J connectivity index is 0.000000442. The maximum atomic E-state index is 11.6. The molecular formula is C58H84O8. The number of phenolic OH excluding ortho intramolecular Hbond substituents is 4. The lowest BCUT2D eigenvalue weighted by molar-refractivity contribution is 0.100. The van der Waals surface area contributed by atoms with E-state index in [2.05, 4.69) is 0 Å². The largest absolute Gasteiger partial charge is 0.507 e. The molecule has 0 saturated carbocycles. The Bertz CT molecular complexity index is 2180. The van der Waals surface area contributed by atoms with Gasteiger partial charge in [-0.1, -0.05) is 125 Å². The van der Waals surface area contributed by atoms with Gasteiger partial charge in [-0.2, -0.15) is 0 Å². The molecule has 0 aliphatic heterocycles. The highest BCUT2D eigenvalue weighted by molar-refractivity contribution is 5.96. The molecule has 0 amide bonds. The molecule has 8 nitrogen and oxygen atoms in total. The van der Waals surface area contributed by atoms with Gasteiger partial charge in [0.05, 0.1) is 0 Å². The van der Waals surface area contributed by atoms with Crippen molar-refractivity contribution >= 4 is 23.1 Å². The molecule has 4 aromatic carbocycles. The van der Waals surface area contributed by atoms with Gasteiger partial charge in [0.2, 0.25) is 0 Å². The average molecular weight is 909 g/mol. The molecule has 0 fully saturated rings. The summed E-state index contributed by atoms with van der Waals surface area (Å²) in [5.74, 6) is 1.37. The molecule has 66 heavy (non-hydrogen) atoms. The van der Waals surface area contributed by atoms with E-state index in [9.17, 15) is 39.6 Å². The van der Waals surface area contributed by atoms with Crippen LogP contribution in [0.1, 0.15) is 238 Å². The molecule has 0 unspecified atom stereocenters. The van der Waals surface area contributed by atoms with E-state index in [1.54, 1.807) is 38.1 Å². The fraction of sp³-hybridized carbons (Fsp3) is 0.517. The number of aromatic hydroxyl groups is 4. The lowest BCUT2D eigenvalue weighted by Gasteiger charge is -2.27. The van der Waals surface area contributed by atoms with E-state index in [-0.39, 0.29) is 55.6 Å². The number of carbonyl (C=O) groups excluding carboxylic acids is 4. The van der Waals surface area contributed by atoms with Crippen LogP contribution in [0.15, 0.2) is 48.5 Å². The van der Waals surface area contributed by atoms with Crippen molar-refractivity contribution < 1.29 is 39.6 Å². The third kappa shape index (κ3) is 16.0. The first-order valence-corrected chi connectivity index (χ1v) is 22.8. The van der Waals surface area contributed by atoms with Crippen LogP contribution in [-0.2, 0) is 32.5 Å². The summed E-state index contributed by atoms with van der Waals surface area (Å²) in [4.78, 5) is 45.9. The fourth-order valence-electron chi connectivity index (χ4n) is 7.07. The summed E-state index contributed by atoms with van der Waals surface area (Å²) < 4.78 is 0. The standard InChI is InChI=1S/2C16H24O2.2C13H18O2/c2*1-10(17)11-8-12(15(2,3)4)14(18)13(9-11)16(5,6)7;2*1-8-6-10(9(2)14)7-11(12(8)15)13(3,4)5/h2*8-9,18H,1-7H3;2*6-7,15H,1-5H3. The second-order valence-electron chi connectivity index (χ2n) is 23.9. The molecule has 0 radical (unpaired) electrons. The van der Waals surface area contributed by atoms with Gasteiger partial charge in [0.15, 0.2) is 23.1 Å². The van der Waals surface area contributed by atoms with Crippen molar-refractivity contribution in [2.75, 3.05) is 0 Å². The smallest absolute Gasteiger partial charge is 0.159 e. The Labute approximate surface area is 398 Å². The van der Waals surface area contributed by atoms with Gasteiger partial charge >= 0.3 is 0 Å². The number of aryl methyl sites for hydroxylation is 2. The average Bonchev–Trinajstić information content (AvgIpc) is 3.11. The number of ketones is 4. The fourth-order valence-corrected chi connectivity index (χ4v) is 7.07. The summed E-state index contributed by atoms with van der Waals surface area (Å²) in [7, 11) is 0. The van der Waals surface area contributed by atoms with E-state index in [0.717, 1.165) is 44.5 Å². The molecule has 0 heterocycles. The van der Waals surface area contributed by atoms with Crippen LogP contribution in [0.25, 0.3) is 0 Å². The summed E-state index contributed by atoms with van der Waals surface area (Å²) in [6.07, 6.45) is 0. The SMILES string of the molecule is CC(=O)c1cc(C(C)(C)C)c(O)c(C(C)(C)C)c1.CC(=O)c1cc(C(C)(C)C)c(O)c(C(C)(C)C)c1.CC(=O)c1cc(C)c(O)c(C(C)(C)C)c1.CC(=O)c1cc(C)c(O)c(C(C)(C)C)c1. The maximum absolute atomic E-state index is 11.6. The van der Waals surface area contributed by atoms with Crippen molar-refractivity contribution in [1.29, 1.82) is 0 Å². The lowest BCUT2D eigenvalue weighted by Crippen LogP contribution is -2.18. The van der Waals surface area contributed by atoms with E-state index in [4.69, 9.17) is 0 Å². The van der Waals surface area contributed by atoms with Crippen LogP contribution < -0.4 is 0 Å². The molecule has 4 N–H and O–H groups in total. The van der Waals surface area contributed by atoms with E-state index >= 15 is 0 Å². The van der Waals surface area contributed by atoms with Crippen LogP contribution in [0.5, 0.6) is 23.0 Å². The van der Waals surface area contributed by atoms with Crippen LogP contribution in [-0.4, -0.2) is 43.6 Å². The van der Waals surface area contributed by atoms with Crippen molar-refractivity contribution in [3.63, 3.8) is 0 Å². The molecule has 0 bridgehead atoms. The zero-order chi connectivity index (χ0) is 52.2. The number of Topliss-reactive ketones (excluding diaryl/α,β-unsaturated/α-hetero) is 4. The molecule has 4 aromatic rings. The van der Waals surface area contributed by atoms with Crippen molar-refractivity contribution in [2.45, 2.75) is 199 Å². The van der Waals surface area contributed by atoms with Crippen LogP contribution >= 0.6 is 0 Å². The predicted octanol–water partition coefficient (Wildman–Crippen LogP) is 14.8. The molecule has 364 valence electrons. The summed E-state index contributed by atoms with van der Waals surface area (Å²) >= 11 is 0. The number of benzene rings is 4. The third-order valence-corrected chi connectivity index (χ3v) is 11.3. The van der Waals surface area contributed by atoms with Gasteiger partial charge in [-0.25, -0.2) is 0 Å². The minimum atomic E-state index is -0.185. The first kappa shape index (κ1) is 58.8. The van der Waals surface area contributed by atoms with Crippen molar-refractivity contribution in [3.8, 4) is 23.0 Å². The highest BCUT2D eigenvalue weighted by Gasteiger charge is 2.29. The molecule has 4 rings (SSSR count). The molecule has 0 saturated heterocycles. The van der Waals surface area contributed by atoms with Gasteiger partial charge in [0, 0.05) is 55.6 Å². The van der Waals surface area contributed by atoms with Gasteiger partial charge < -0.3 is 20.4 Å². The molecule has 0 aliphatic carbocycles. The minimum Gasteiger partial charge on any atom is -0.507 e. The Hall–Kier alpha value is -5.24. The van der Waals surface area contributed by atoms with Gasteiger partial charge in [-0.15, -0.1) is 0 Å². The van der Waals surface area contributed by atoms with Crippen molar-refractivity contribution in [3.05, 3.63) is 115 Å². The highest BCUT2D eigenvalue weighted by atomic mass is 16.3. The number of carbonyl (C=O) groups is 4. The van der Waals surface area contributed by atoms with E-state index < -0.39 is 0 Å². The minimum absolute atomic E-state index is 0.0311. The Morgan fingerprint density at radius 3 is 0.561 bits per heavy atom. The van der Waals surface area contributed by atoms with Crippen molar-refractivity contribution in [1.82, 2.24) is 0 Å². The molecule has 0 aliphatic rings. The van der Waals surface area contributed by atoms with Gasteiger partial charge in [-0.3, -0.25) is 19.2 Å². The second kappa shape index (κ2) is 21.2. The number of hydrogen-bond acceptors (Lipinski definition) is 8. The second-order valence-corrected chi connectivity index (χ2v) is 23.9. The summed E-state index contributed by atoms with van der Waals surface area (Å²) in [6, 6.07) is 14.3. The van der Waals surface area contributed by atoms with Crippen LogP contribution in [0.3, 0.4) is 0 Å².